The van der Waals surface area contributed by atoms with Crippen LogP contribution in [0.1, 0.15) is 32.8 Å². The van der Waals surface area contributed by atoms with Crippen LogP contribution in [0, 0.1) is 12.3 Å². The summed E-state index contributed by atoms with van der Waals surface area (Å²) in [6.07, 6.45) is -0.110. The monoisotopic (exact) mass is 647 g/mol. The number of likely N-dealkylation sites (tertiary alicyclic amines) is 1. The number of hydrogen-bond acceptors (Lipinski definition) is 7. The lowest BCUT2D eigenvalue weighted by Crippen LogP contribution is -2.48. The quantitative estimate of drug-likeness (QED) is 0.138. The molecule has 0 aliphatic carbocycles. The summed E-state index contributed by atoms with van der Waals surface area (Å²) < 4.78 is 12.0. The fraction of sp³-hybridized carbons (Fsp3) is 0.212. The van der Waals surface area contributed by atoms with Gasteiger partial charge in [-0.05, 0) is 61.0 Å². The third-order valence-corrected chi connectivity index (χ3v) is 8.11. The molecule has 2 heterocycles. The number of nitrogens with one attached hydrogen (secondary N) is 3. The van der Waals surface area contributed by atoms with Gasteiger partial charge in [0.1, 0.15) is 35.2 Å². The molecular weight excluding hydrogens is 614 g/mol. The van der Waals surface area contributed by atoms with Crippen LogP contribution in [0.2, 0.25) is 0 Å². The number of aryl methyl sites for hydroxylation is 1. The molecule has 10 nitrogen and oxygen atoms in total. The molecule has 0 spiro atoms. The number of nitrogens with two attached hydrogens (primary N) is 1. The van der Waals surface area contributed by atoms with Gasteiger partial charge in [0.15, 0.2) is 0 Å². The molecular formula is C33H34ClN5O5S. The first-order valence-electron chi connectivity index (χ1n) is 14.1. The zero-order valence-corrected chi connectivity index (χ0v) is 26.2. The van der Waals surface area contributed by atoms with E-state index in [1.165, 1.54) is 16.2 Å². The number of carbonyl (C=O) groups is 3. The molecule has 0 bridgehead atoms. The second-order valence-electron chi connectivity index (χ2n) is 10.4. The summed E-state index contributed by atoms with van der Waals surface area (Å²) in [6, 6.07) is 24.5. The largest absolute Gasteiger partial charge is 0.488 e. The van der Waals surface area contributed by atoms with Crippen molar-refractivity contribution in [3.63, 3.8) is 0 Å². The lowest BCUT2D eigenvalue weighted by atomic mass is 10.1. The van der Waals surface area contributed by atoms with E-state index >= 15 is 0 Å². The van der Waals surface area contributed by atoms with Gasteiger partial charge in [-0.15, -0.1) is 23.7 Å². The molecule has 45 heavy (non-hydrogen) atoms. The molecule has 234 valence electrons. The Morgan fingerprint density at radius 1 is 0.956 bits per heavy atom. The first-order chi connectivity index (χ1) is 21.3. The number of thiophene rings is 1. The molecule has 1 saturated heterocycles. The molecule has 1 aliphatic rings. The molecule has 12 heteroatoms. The van der Waals surface area contributed by atoms with Gasteiger partial charge >= 0.3 is 0 Å². The predicted octanol–water partition coefficient (Wildman–Crippen LogP) is 4.65. The number of para-hydroxylation sites is 2. The number of carbonyl (C=O) groups excluding carboxylic acids is 3. The topological polar surface area (TPSA) is 147 Å². The molecule has 1 aliphatic heterocycles. The highest BCUT2D eigenvalue weighted by Crippen LogP contribution is 2.26. The third kappa shape index (κ3) is 8.62. The molecule has 2 atom stereocenters. The highest BCUT2D eigenvalue weighted by molar-refractivity contribution is 7.10. The van der Waals surface area contributed by atoms with Crippen LogP contribution in [0.25, 0.3) is 0 Å². The van der Waals surface area contributed by atoms with E-state index in [1.807, 2.05) is 61.5 Å². The molecule has 1 aromatic heterocycles. The number of nitrogen functional groups attached to an aromatic ring is 1. The minimum absolute atomic E-state index is 0. The van der Waals surface area contributed by atoms with E-state index in [9.17, 15) is 14.4 Å². The summed E-state index contributed by atoms with van der Waals surface area (Å²) in [4.78, 5) is 41.9. The van der Waals surface area contributed by atoms with E-state index in [1.54, 1.807) is 35.7 Å². The van der Waals surface area contributed by atoms with E-state index in [4.69, 9.17) is 20.6 Å². The van der Waals surface area contributed by atoms with Crippen molar-refractivity contribution >= 4 is 47.3 Å². The van der Waals surface area contributed by atoms with E-state index in [0.717, 1.165) is 10.4 Å². The summed E-state index contributed by atoms with van der Waals surface area (Å²) in [5.41, 5.74) is 7.47. The van der Waals surface area contributed by atoms with E-state index < -0.39 is 24.0 Å². The number of nitrogens with zero attached hydrogens (tertiary/aromatic N) is 1. The zero-order valence-electron chi connectivity index (χ0n) is 24.5. The van der Waals surface area contributed by atoms with Gasteiger partial charge in [0.2, 0.25) is 11.8 Å². The summed E-state index contributed by atoms with van der Waals surface area (Å²) in [5, 5.41) is 14.9. The number of amidine groups is 1. The fourth-order valence-corrected chi connectivity index (χ4v) is 5.66. The highest BCUT2D eigenvalue weighted by Gasteiger charge is 2.40. The van der Waals surface area contributed by atoms with Gasteiger partial charge in [0.05, 0.1) is 19.6 Å². The Balaban J connectivity index is 0.00000461. The second kappa shape index (κ2) is 15.2. The zero-order chi connectivity index (χ0) is 31.1. The maximum absolute atomic E-state index is 13.4. The third-order valence-electron chi connectivity index (χ3n) is 7.17. The molecule has 5 rings (SSSR count). The number of benzene rings is 3. The Bertz CT molecular complexity index is 1650. The lowest BCUT2D eigenvalue weighted by Gasteiger charge is -2.23. The van der Waals surface area contributed by atoms with Gasteiger partial charge in [-0.2, -0.15) is 0 Å². The SMILES string of the molecule is Cc1ccccc1OC1CC(C(=O)NCc2cc(C(=N)N)cs2)N(C(=O)CNC(=O)c2ccc(Oc3ccccc3)cc2)C1.Cl. The van der Waals surface area contributed by atoms with E-state index in [2.05, 4.69) is 10.6 Å². The van der Waals surface area contributed by atoms with Crippen LogP contribution in [0.5, 0.6) is 17.2 Å². The lowest BCUT2D eigenvalue weighted by molar-refractivity contribution is -0.137. The van der Waals surface area contributed by atoms with Crippen LogP contribution in [0.4, 0.5) is 0 Å². The average molecular weight is 648 g/mol. The molecule has 1 fully saturated rings. The van der Waals surface area contributed by atoms with Gasteiger partial charge in [-0.3, -0.25) is 19.8 Å². The van der Waals surface area contributed by atoms with Gasteiger partial charge in [-0.1, -0.05) is 36.4 Å². The van der Waals surface area contributed by atoms with Crippen molar-refractivity contribution < 1.29 is 23.9 Å². The predicted molar refractivity (Wildman–Crippen MR) is 175 cm³/mol. The van der Waals surface area contributed by atoms with Gasteiger partial charge in [0.25, 0.3) is 5.91 Å². The highest BCUT2D eigenvalue weighted by atomic mass is 35.5. The maximum atomic E-state index is 13.4. The van der Waals surface area contributed by atoms with Gasteiger partial charge in [-0.25, -0.2) is 0 Å². The van der Waals surface area contributed by atoms with Crippen molar-refractivity contribution in [1.82, 2.24) is 15.5 Å². The number of rotatable bonds is 11. The Labute approximate surface area is 271 Å². The van der Waals surface area contributed by atoms with Crippen LogP contribution in [0.3, 0.4) is 0 Å². The molecule has 0 radical (unpaired) electrons. The standard InChI is InChI=1S/C33H33N5O5S.ClH/c1-21-7-5-6-10-29(21)43-26-16-28(33(41)36-17-27-15-23(20-44-27)31(34)35)38(19-26)30(39)18-37-32(40)22-11-13-25(14-12-22)42-24-8-3-2-4-9-24;/h2-15,20,26,28H,16-19H2,1H3,(H3,34,35)(H,36,41)(H,37,40);1H. The molecule has 5 N–H and O–H groups in total. The summed E-state index contributed by atoms with van der Waals surface area (Å²) in [7, 11) is 0. The van der Waals surface area contributed by atoms with Gasteiger partial charge in [0, 0.05) is 27.8 Å². The number of halogens is 1. The summed E-state index contributed by atoms with van der Waals surface area (Å²) in [5.74, 6) is 0.766. The van der Waals surface area contributed by atoms with Crippen molar-refractivity contribution in [3.8, 4) is 17.2 Å². The number of amides is 3. The summed E-state index contributed by atoms with van der Waals surface area (Å²) >= 11 is 1.39. The van der Waals surface area contributed by atoms with Crippen molar-refractivity contribution in [2.24, 2.45) is 5.73 Å². The minimum Gasteiger partial charge on any atom is -0.488 e. The van der Waals surface area contributed by atoms with Crippen molar-refractivity contribution in [1.29, 1.82) is 5.41 Å². The normalized spacial score (nSPS) is 15.4. The Morgan fingerprint density at radius 3 is 2.33 bits per heavy atom. The minimum atomic E-state index is -0.782. The molecule has 3 aromatic carbocycles. The number of ether oxygens (including phenoxy) is 2. The summed E-state index contributed by atoms with van der Waals surface area (Å²) in [6.45, 7) is 2.08. The van der Waals surface area contributed by atoms with Crippen LogP contribution in [-0.4, -0.2) is 53.7 Å². The van der Waals surface area contributed by atoms with Crippen LogP contribution >= 0.6 is 23.7 Å². The molecule has 0 saturated carbocycles. The Morgan fingerprint density at radius 2 is 1.64 bits per heavy atom. The first kappa shape index (κ1) is 33.0. The van der Waals surface area contributed by atoms with Crippen LogP contribution < -0.4 is 25.8 Å². The van der Waals surface area contributed by atoms with Gasteiger partial charge < -0.3 is 30.7 Å². The second-order valence-corrected chi connectivity index (χ2v) is 11.4. The Hall–Kier alpha value is -4.87. The molecule has 2 unspecified atom stereocenters. The first-order valence-corrected chi connectivity index (χ1v) is 15.0. The fourth-order valence-electron chi connectivity index (χ4n) is 4.84. The van der Waals surface area contributed by atoms with Crippen LogP contribution in [0.15, 0.2) is 90.3 Å². The van der Waals surface area contributed by atoms with Crippen LogP contribution in [-0.2, 0) is 16.1 Å². The molecule has 4 aromatic rings. The average Bonchev–Trinajstić information content (AvgIpc) is 3.69. The van der Waals surface area contributed by atoms with E-state index in [0.29, 0.717) is 34.8 Å². The Kier molecular flexibility index (Phi) is 11.2. The molecule has 3 amide bonds. The smallest absolute Gasteiger partial charge is 0.251 e. The van der Waals surface area contributed by atoms with Crippen molar-refractivity contribution in [3.05, 3.63) is 112 Å². The number of hydrogen-bond donors (Lipinski definition) is 4. The van der Waals surface area contributed by atoms with Crippen molar-refractivity contribution in [2.45, 2.75) is 32.0 Å². The maximum Gasteiger partial charge on any atom is 0.251 e. The van der Waals surface area contributed by atoms with E-state index in [-0.39, 0.29) is 43.8 Å². The van der Waals surface area contributed by atoms with Crippen molar-refractivity contribution in [2.75, 3.05) is 13.1 Å².